The van der Waals surface area contributed by atoms with E-state index in [2.05, 4.69) is 25.5 Å². The lowest BCUT2D eigenvalue weighted by Crippen LogP contribution is -2.18. The van der Waals surface area contributed by atoms with E-state index in [1.165, 1.54) is 0 Å². The average Bonchev–Trinajstić information content (AvgIpc) is 2.83. The lowest BCUT2D eigenvalue weighted by molar-refractivity contribution is 0.385. The van der Waals surface area contributed by atoms with Gasteiger partial charge in [0, 0.05) is 26.9 Å². The zero-order valence-corrected chi connectivity index (χ0v) is 9.34. The molecule has 2 heterocycles. The van der Waals surface area contributed by atoms with Crippen molar-refractivity contribution in [3.63, 3.8) is 0 Å². The van der Waals surface area contributed by atoms with E-state index in [1.54, 1.807) is 17.9 Å². The van der Waals surface area contributed by atoms with Crippen LogP contribution in [0.4, 0.5) is 0 Å². The van der Waals surface area contributed by atoms with Gasteiger partial charge in [-0.25, -0.2) is 4.98 Å². The lowest BCUT2D eigenvalue weighted by atomic mass is 10.4. The highest BCUT2D eigenvalue weighted by molar-refractivity contribution is 4.85. The number of nitrogens with one attached hydrogen (secondary N) is 1. The Morgan fingerprint density at radius 3 is 2.94 bits per heavy atom. The lowest BCUT2D eigenvalue weighted by Gasteiger charge is -1.98. The van der Waals surface area contributed by atoms with Gasteiger partial charge in [-0.15, -0.1) is 0 Å². The van der Waals surface area contributed by atoms with Crippen LogP contribution in [0.15, 0.2) is 10.9 Å². The monoisotopic (exact) mass is 222 g/mol. The van der Waals surface area contributed by atoms with E-state index in [1.807, 2.05) is 7.05 Å². The van der Waals surface area contributed by atoms with Crippen LogP contribution in [0.5, 0.6) is 0 Å². The topological polar surface area (TPSA) is 81.7 Å². The fraction of sp³-hybridized carbons (Fsp3) is 0.556. The molecule has 0 bridgehead atoms. The number of nitrogens with zero attached hydrogens (tertiary/aromatic N) is 5. The maximum atomic E-state index is 4.85. The first-order valence-corrected chi connectivity index (χ1v) is 5.08. The van der Waals surface area contributed by atoms with Gasteiger partial charge in [0.05, 0.1) is 6.54 Å². The summed E-state index contributed by atoms with van der Waals surface area (Å²) >= 11 is 0. The quantitative estimate of drug-likeness (QED) is 0.708. The van der Waals surface area contributed by atoms with Crippen molar-refractivity contribution in [1.82, 2.24) is 30.2 Å². The normalized spacial score (nSPS) is 10.9. The number of aryl methyl sites for hydroxylation is 2. The van der Waals surface area contributed by atoms with E-state index in [0.717, 1.165) is 18.8 Å². The Labute approximate surface area is 92.9 Å². The number of hydrogen-bond acceptors (Lipinski definition) is 6. The number of rotatable bonds is 5. The average molecular weight is 222 g/mol. The molecule has 2 aromatic rings. The Balaban J connectivity index is 1.69. The van der Waals surface area contributed by atoms with Crippen LogP contribution < -0.4 is 5.32 Å². The highest BCUT2D eigenvalue weighted by atomic mass is 16.5. The van der Waals surface area contributed by atoms with Crippen molar-refractivity contribution in [1.29, 1.82) is 0 Å². The van der Waals surface area contributed by atoms with Crippen LogP contribution in [-0.2, 0) is 20.0 Å². The first-order chi connectivity index (χ1) is 7.74. The first-order valence-electron chi connectivity index (χ1n) is 5.08. The molecule has 0 spiro atoms. The van der Waals surface area contributed by atoms with Crippen LogP contribution >= 0.6 is 0 Å². The molecule has 0 amide bonds. The molecule has 0 aliphatic heterocycles. The molecule has 0 saturated carbocycles. The smallest absolute Gasteiger partial charge is 0.223 e. The first kappa shape index (κ1) is 10.7. The molecule has 0 aliphatic rings. The van der Waals surface area contributed by atoms with Gasteiger partial charge in [0.15, 0.2) is 11.6 Å². The van der Waals surface area contributed by atoms with Crippen molar-refractivity contribution in [3.05, 3.63) is 23.9 Å². The van der Waals surface area contributed by atoms with E-state index < -0.39 is 0 Å². The summed E-state index contributed by atoms with van der Waals surface area (Å²) in [6, 6.07) is 0. The van der Waals surface area contributed by atoms with Crippen molar-refractivity contribution in [2.45, 2.75) is 19.9 Å². The molecule has 0 saturated heterocycles. The third kappa shape index (κ3) is 2.86. The second-order valence-electron chi connectivity index (χ2n) is 3.49. The molecule has 16 heavy (non-hydrogen) atoms. The predicted molar refractivity (Wildman–Crippen MR) is 55.4 cm³/mol. The minimum atomic E-state index is 0.586. The highest BCUT2D eigenvalue weighted by Crippen LogP contribution is 1.94. The van der Waals surface area contributed by atoms with E-state index in [-0.39, 0.29) is 0 Å². The van der Waals surface area contributed by atoms with Gasteiger partial charge in [-0.2, -0.15) is 10.1 Å². The highest BCUT2D eigenvalue weighted by Gasteiger charge is 2.02. The Bertz CT molecular complexity index is 406. The van der Waals surface area contributed by atoms with Crippen molar-refractivity contribution < 1.29 is 4.52 Å². The third-order valence-electron chi connectivity index (χ3n) is 2.03. The van der Waals surface area contributed by atoms with E-state index >= 15 is 0 Å². The summed E-state index contributed by atoms with van der Waals surface area (Å²) in [5.74, 6) is 2.09. The molecular weight excluding hydrogens is 208 g/mol. The molecule has 86 valence electrons. The van der Waals surface area contributed by atoms with Gasteiger partial charge in [-0.3, -0.25) is 4.68 Å². The molecule has 7 nitrogen and oxygen atoms in total. The van der Waals surface area contributed by atoms with Crippen LogP contribution in [0.1, 0.15) is 17.5 Å². The van der Waals surface area contributed by atoms with E-state index in [9.17, 15) is 0 Å². The molecule has 0 unspecified atom stereocenters. The molecule has 7 heteroatoms. The minimum Gasteiger partial charge on any atom is -0.340 e. The molecule has 0 aliphatic carbocycles. The van der Waals surface area contributed by atoms with Crippen LogP contribution in [0.2, 0.25) is 0 Å². The Morgan fingerprint density at radius 2 is 2.31 bits per heavy atom. The van der Waals surface area contributed by atoms with Crippen molar-refractivity contribution in [2.75, 3.05) is 6.54 Å². The van der Waals surface area contributed by atoms with Crippen LogP contribution in [0.25, 0.3) is 0 Å². The largest absolute Gasteiger partial charge is 0.340 e. The molecule has 0 fully saturated rings. The van der Waals surface area contributed by atoms with E-state index in [4.69, 9.17) is 4.52 Å². The zero-order valence-electron chi connectivity index (χ0n) is 9.34. The summed E-state index contributed by atoms with van der Waals surface area (Å²) in [4.78, 5) is 8.21. The number of aromatic nitrogens is 5. The Kier molecular flexibility index (Phi) is 3.25. The standard InChI is InChI=1S/C9H14N6O/c1-7-12-9(14-16-7)5-10-4-3-8-11-6-15(2)13-8/h6,10H,3-5H2,1-2H3. The SMILES string of the molecule is Cc1nc(CNCCc2ncn(C)n2)no1. The maximum absolute atomic E-state index is 4.85. The van der Waals surface area contributed by atoms with Gasteiger partial charge >= 0.3 is 0 Å². The third-order valence-corrected chi connectivity index (χ3v) is 2.03. The summed E-state index contributed by atoms with van der Waals surface area (Å²) in [5, 5.41) is 11.2. The second kappa shape index (κ2) is 4.84. The van der Waals surface area contributed by atoms with Crippen LogP contribution in [0, 0.1) is 6.92 Å². The predicted octanol–water partition coefficient (Wildman–Crippen LogP) is -0.161. The summed E-state index contributed by atoms with van der Waals surface area (Å²) < 4.78 is 6.55. The summed E-state index contributed by atoms with van der Waals surface area (Å²) in [6.45, 7) is 3.16. The summed E-state index contributed by atoms with van der Waals surface area (Å²) in [7, 11) is 1.85. The van der Waals surface area contributed by atoms with Gasteiger partial charge in [0.1, 0.15) is 6.33 Å². The molecule has 2 rings (SSSR count). The molecular formula is C9H14N6O. The number of hydrogen-bond donors (Lipinski definition) is 1. The Morgan fingerprint density at radius 1 is 1.44 bits per heavy atom. The van der Waals surface area contributed by atoms with Gasteiger partial charge in [0.25, 0.3) is 0 Å². The maximum Gasteiger partial charge on any atom is 0.223 e. The molecule has 0 aromatic carbocycles. The van der Waals surface area contributed by atoms with Crippen molar-refractivity contribution >= 4 is 0 Å². The fourth-order valence-corrected chi connectivity index (χ4v) is 1.31. The Hall–Kier alpha value is -1.76. The molecule has 0 atom stereocenters. The van der Waals surface area contributed by atoms with Gasteiger partial charge in [-0.05, 0) is 0 Å². The fourth-order valence-electron chi connectivity index (χ4n) is 1.31. The minimum absolute atomic E-state index is 0.586. The van der Waals surface area contributed by atoms with Crippen LogP contribution in [0.3, 0.4) is 0 Å². The van der Waals surface area contributed by atoms with Gasteiger partial charge in [-0.1, -0.05) is 5.16 Å². The van der Waals surface area contributed by atoms with Crippen molar-refractivity contribution in [2.24, 2.45) is 7.05 Å². The summed E-state index contributed by atoms with van der Waals surface area (Å²) in [6.07, 6.45) is 2.48. The van der Waals surface area contributed by atoms with Crippen molar-refractivity contribution in [3.8, 4) is 0 Å². The second-order valence-corrected chi connectivity index (χ2v) is 3.49. The van der Waals surface area contributed by atoms with E-state index in [0.29, 0.717) is 18.3 Å². The zero-order chi connectivity index (χ0) is 11.4. The molecule has 1 N–H and O–H groups in total. The van der Waals surface area contributed by atoms with Crippen LogP contribution in [-0.4, -0.2) is 31.4 Å². The molecule has 2 aromatic heterocycles. The van der Waals surface area contributed by atoms with Gasteiger partial charge in [0.2, 0.25) is 5.89 Å². The summed E-state index contributed by atoms with van der Waals surface area (Å²) in [5.41, 5.74) is 0. The van der Waals surface area contributed by atoms with Gasteiger partial charge < -0.3 is 9.84 Å². The molecule has 0 radical (unpaired) electrons.